The summed E-state index contributed by atoms with van der Waals surface area (Å²) in [6.07, 6.45) is -4.72. The molecule has 5 amide bonds. The Morgan fingerprint density at radius 1 is 0.529 bits per heavy atom. The van der Waals surface area contributed by atoms with Crippen molar-refractivity contribution in [3.63, 3.8) is 0 Å². The highest BCUT2D eigenvalue weighted by molar-refractivity contribution is 5.86. The number of carbonyl (C=O) groups excluding carboxylic acids is 5. The lowest BCUT2D eigenvalue weighted by Gasteiger charge is -2.54. The summed E-state index contributed by atoms with van der Waals surface area (Å²) >= 11 is 0. The molecule has 0 saturated carbocycles. The minimum Gasteiger partial charge on any atom is -0.298 e. The maximum absolute atomic E-state index is 13.1. The third-order valence-electron chi connectivity index (χ3n) is 7.36. The zero-order valence-corrected chi connectivity index (χ0v) is 19.8. The van der Waals surface area contributed by atoms with Gasteiger partial charge in [-0.3, -0.25) is 53.4 Å². The number of hydrogen-bond donors (Lipinski definition) is 0. The van der Waals surface area contributed by atoms with Gasteiger partial charge >= 0.3 is 0 Å². The molecular weight excluding hydrogens is 440 g/mol. The Morgan fingerprint density at radius 3 is 1.15 bits per heavy atom. The van der Waals surface area contributed by atoms with Crippen molar-refractivity contribution < 1.29 is 24.0 Å². The fourth-order valence-electron chi connectivity index (χ4n) is 6.42. The molecular formula is C23H28N6O5. The molecule has 5 heterocycles. The largest absolute Gasteiger partial charge is 0.298 e. The van der Waals surface area contributed by atoms with E-state index in [2.05, 4.69) is 0 Å². The van der Waals surface area contributed by atoms with E-state index in [0.29, 0.717) is 6.54 Å². The Bertz CT molecular complexity index is 1040. The van der Waals surface area contributed by atoms with Gasteiger partial charge in [0, 0.05) is 41.2 Å². The molecule has 0 aliphatic carbocycles. The highest BCUT2D eigenvalue weighted by atomic mass is 16.2. The third-order valence-corrected chi connectivity index (χ3v) is 7.36. The van der Waals surface area contributed by atoms with Gasteiger partial charge in [-0.15, -0.1) is 0 Å². The number of nitrogens with zero attached hydrogens (tertiary/aromatic N) is 6. The smallest absolute Gasteiger partial charge is 0.222 e. The molecule has 0 radical (unpaired) electrons. The van der Waals surface area contributed by atoms with Crippen molar-refractivity contribution in [1.29, 1.82) is 0 Å². The van der Waals surface area contributed by atoms with E-state index >= 15 is 0 Å². The molecule has 5 aliphatic rings. The van der Waals surface area contributed by atoms with E-state index in [1.807, 2.05) is 35.2 Å². The molecule has 0 aromatic heterocycles. The van der Waals surface area contributed by atoms with Crippen molar-refractivity contribution in [2.24, 2.45) is 0 Å². The van der Waals surface area contributed by atoms with Crippen LogP contribution in [0.3, 0.4) is 0 Å². The van der Waals surface area contributed by atoms with Gasteiger partial charge < -0.3 is 0 Å². The lowest BCUT2D eigenvalue weighted by atomic mass is 10.1. The monoisotopic (exact) mass is 468 g/mol. The van der Waals surface area contributed by atoms with Crippen molar-refractivity contribution in [1.82, 2.24) is 29.4 Å². The highest BCUT2D eigenvalue weighted by Gasteiger charge is 2.74. The summed E-state index contributed by atoms with van der Waals surface area (Å²) in [5, 5.41) is 0. The van der Waals surface area contributed by atoms with E-state index in [1.165, 1.54) is 49.3 Å². The lowest BCUT2D eigenvalue weighted by Crippen LogP contribution is -2.75. The molecule has 0 spiro atoms. The van der Waals surface area contributed by atoms with Gasteiger partial charge in [0.15, 0.2) is 0 Å². The predicted octanol–water partition coefficient (Wildman–Crippen LogP) is -0.258. The number of amides is 5. The molecule has 5 saturated heterocycles. The number of hydrogen-bond acceptors (Lipinski definition) is 6. The number of carbonyl (C=O) groups is 5. The number of benzene rings is 1. The number of rotatable bonds is 2. The zero-order valence-electron chi connectivity index (χ0n) is 19.8. The van der Waals surface area contributed by atoms with Crippen molar-refractivity contribution in [3.05, 3.63) is 35.9 Å². The summed E-state index contributed by atoms with van der Waals surface area (Å²) < 4.78 is 0. The fourth-order valence-corrected chi connectivity index (χ4v) is 6.42. The highest BCUT2D eigenvalue weighted by Crippen LogP contribution is 2.52. The van der Waals surface area contributed by atoms with Crippen molar-refractivity contribution in [2.45, 2.75) is 78.2 Å². The van der Waals surface area contributed by atoms with Gasteiger partial charge in [-0.05, 0) is 5.56 Å². The predicted molar refractivity (Wildman–Crippen MR) is 117 cm³/mol. The van der Waals surface area contributed by atoms with E-state index in [4.69, 9.17) is 0 Å². The first kappa shape index (κ1) is 22.3. The second kappa shape index (κ2) is 7.52. The Labute approximate surface area is 197 Å². The van der Waals surface area contributed by atoms with E-state index < -0.39 is 37.0 Å². The first-order chi connectivity index (χ1) is 16.1. The van der Waals surface area contributed by atoms with Gasteiger partial charge in [-0.2, -0.15) is 0 Å². The molecule has 1 aromatic carbocycles. The molecule has 1 aromatic rings. The van der Waals surface area contributed by atoms with Crippen LogP contribution in [0, 0.1) is 0 Å². The second-order valence-electron chi connectivity index (χ2n) is 9.27. The maximum atomic E-state index is 13.1. The van der Waals surface area contributed by atoms with Gasteiger partial charge in [0.05, 0.1) is 0 Å². The molecule has 11 nitrogen and oxygen atoms in total. The second-order valence-corrected chi connectivity index (χ2v) is 9.27. The molecule has 5 fully saturated rings. The van der Waals surface area contributed by atoms with Crippen LogP contribution >= 0.6 is 0 Å². The lowest BCUT2D eigenvalue weighted by molar-refractivity contribution is -0.184. The van der Waals surface area contributed by atoms with Crippen LogP contribution in [-0.2, 0) is 30.5 Å². The molecule has 5 aliphatic heterocycles. The normalized spacial score (nSPS) is 31.4. The van der Waals surface area contributed by atoms with Crippen LogP contribution in [-0.4, -0.2) is 95.9 Å². The summed E-state index contributed by atoms with van der Waals surface area (Å²) in [7, 11) is 0. The van der Waals surface area contributed by atoms with E-state index in [1.54, 1.807) is 9.80 Å². The van der Waals surface area contributed by atoms with Crippen LogP contribution in [0.25, 0.3) is 0 Å². The van der Waals surface area contributed by atoms with Crippen LogP contribution < -0.4 is 0 Å². The third kappa shape index (κ3) is 2.76. The SMILES string of the molecule is CC(=O)N1C2C3N(C(C)=O)C1C1N(C(C)=O)C(C(N1C(C)=O)N3C(C)=O)N2Cc1ccccc1. The molecule has 11 heteroatoms. The molecule has 6 bridgehead atoms. The minimum absolute atomic E-state index is 0.302. The molecule has 0 N–H and O–H groups in total. The summed E-state index contributed by atoms with van der Waals surface area (Å²) in [6, 6.07) is 9.59. The quantitative estimate of drug-likeness (QED) is 0.593. The van der Waals surface area contributed by atoms with Gasteiger partial charge in [0.1, 0.15) is 37.0 Å². The molecule has 6 unspecified atom stereocenters. The molecule has 180 valence electrons. The van der Waals surface area contributed by atoms with E-state index in [-0.39, 0.29) is 29.5 Å². The van der Waals surface area contributed by atoms with Gasteiger partial charge in [-0.25, -0.2) is 0 Å². The molecule has 6 rings (SSSR count). The molecule has 34 heavy (non-hydrogen) atoms. The summed E-state index contributed by atoms with van der Waals surface area (Å²) in [6.45, 7) is 7.34. The summed E-state index contributed by atoms with van der Waals surface area (Å²) in [5.74, 6) is -1.62. The zero-order chi connectivity index (χ0) is 24.6. The molecule has 6 atom stereocenters. The minimum atomic E-state index is -0.907. The Hall–Kier alpha value is -3.47. The van der Waals surface area contributed by atoms with E-state index in [0.717, 1.165) is 5.56 Å². The maximum Gasteiger partial charge on any atom is 0.222 e. The first-order valence-corrected chi connectivity index (χ1v) is 11.3. The van der Waals surface area contributed by atoms with Crippen molar-refractivity contribution in [3.8, 4) is 0 Å². The fraction of sp³-hybridized carbons (Fsp3) is 0.522. The van der Waals surface area contributed by atoms with Crippen molar-refractivity contribution >= 4 is 29.5 Å². The average Bonchev–Trinajstić information content (AvgIpc) is 3.21. The van der Waals surface area contributed by atoms with Gasteiger partial charge in [0.2, 0.25) is 29.5 Å². The van der Waals surface area contributed by atoms with Crippen LogP contribution in [0.5, 0.6) is 0 Å². The summed E-state index contributed by atoms with van der Waals surface area (Å²) in [5.41, 5.74) is 0.945. The topological polar surface area (TPSA) is 105 Å². The van der Waals surface area contributed by atoms with Crippen LogP contribution in [0.4, 0.5) is 0 Å². The van der Waals surface area contributed by atoms with Crippen LogP contribution in [0.15, 0.2) is 30.3 Å². The van der Waals surface area contributed by atoms with Gasteiger partial charge in [0.25, 0.3) is 0 Å². The van der Waals surface area contributed by atoms with Gasteiger partial charge in [-0.1, -0.05) is 30.3 Å². The Kier molecular flexibility index (Phi) is 4.94. The van der Waals surface area contributed by atoms with Crippen LogP contribution in [0.2, 0.25) is 0 Å². The Balaban J connectivity index is 1.81. The first-order valence-electron chi connectivity index (χ1n) is 11.3. The van der Waals surface area contributed by atoms with Crippen molar-refractivity contribution in [2.75, 3.05) is 0 Å². The number of piperazine rings is 1. The average molecular weight is 469 g/mol. The Morgan fingerprint density at radius 2 is 0.824 bits per heavy atom. The standard InChI is InChI=1S/C23H28N6O5/c1-12(30)25-18-20-27(14(3)32)21-19(24(18)11-17-9-7-6-8-10-17)26(13(2)31)23(29(21)16(5)34)22(25)28(20)15(4)33/h6-10,18-23H,11H2,1-5H3. The summed E-state index contributed by atoms with van der Waals surface area (Å²) in [4.78, 5) is 75.0. The van der Waals surface area contributed by atoms with E-state index in [9.17, 15) is 24.0 Å². The van der Waals surface area contributed by atoms with Crippen LogP contribution in [0.1, 0.15) is 40.2 Å².